The molecule has 1 saturated carbocycles. The highest BCUT2D eigenvalue weighted by molar-refractivity contribution is 5.18. The van der Waals surface area contributed by atoms with E-state index in [0.29, 0.717) is 0 Å². The standard InChI is InChI=1S/C16H25N/c1-2-6-14-9-11-16(17,12-10-14)13-15-7-4-3-5-8-15/h3-5,7-8,14H,2,6,9-13,17H2,1H3. The third-order valence-corrected chi connectivity index (χ3v) is 4.20. The molecule has 0 spiro atoms. The van der Waals surface area contributed by atoms with E-state index in [1.54, 1.807) is 0 Å². The van der Waals surface area contributed by atoms with Crippen molar-refractivity contribution in [2.24, 2.45) is 11.7 Å². The van der Waals surface area contributed by atoms with Gasteiger partial charge in [-0.25, -0.2) is 0 Å². The quantitative estimate of drug-likeness (QED) is 0.835. The van der Waals surface area contributed by atoms with Gasteiger partial charge >= 0.3 is 0 Å². The number of benzene rings is 1. The van der Waals surface area contributed by atoms with E-state index in [2.05, 4.69) is 37.3 Å². The van der Waals surface area contributed by atoms with Crippen LogP contribution in [0.5, 0.6) is 0 Å². The third kappa shape index (κ3) is 3.57. The molecule has 0 bridgehead atoms. The molecule has 17 heavy (non-hydrogen) atoms. The molecule has 94 valence electrons. The lowest BCUT2D eigenvalue weighted by Crippen LogP contribution is -2.45. The third-order valence-electron chi connectivity index (χ3n) is 4.20. The maximum Gasteiger partial charge on any atom is 0.0195 e. The Bertz CT molecular complexity index is 323. The molecule has 0 amide bonds. The van der Waals surface area contributed by atoms with E-state index in [-0.39, 0.29) is 5.54 Å². The van der Waals surface area contributed by atoms with Gasteiger partial charge in [-0.2, -0.15) is 0 Å². The zero-order valence-electron chi connectivity index (χ0n) is 11.0. The number of hydrogen-bond acceptors (Lipinski definition) is 1. The number of nitrogens with two attached hydrogens (primary N) is 1. The van der Waals surface area contributed by atoms with E-state index < -0.39 is 0 Å². The van der Waals surface area contributed by atoms with Gasteiger partial charge in [-0.1, -0.05) is 50.1 Å². The molecule has 0 saturated heterocycles. The molecule has 0 aliphatic heterocycles. The lowest BCUT2D eigenvalue weighted by Gasteiger charge is -2.37. The van der Waals surface area contributed by atoms with E-state index in [1.807, 2.05) is 0 Å². The maximum absolute atomic E-state index is 6.55. The van der Waals surface area contributed by atoms with Gasteiger partial charge in [-0.3, -0.25) is 0 Å². The highest BCUT2D eigenvalue weighted by atomic mass is 14.7. The van der Waals surface area contributed by atoms with E-state index in [1.165, 1.54) is 44.1 Å². The van der Waals surface area contributed by atoms with E-state index in [9.17, 15) is 0 Å². The predicted molar refractivity (Wildman–Crippen MR) is 73.9 cm³/mol. The Hall–Kier alpha value is -0.820. The summed E-state index contributed by atoms with van der Waals surface area (Å²) in [5.41, 5.74) is 8.00. The first-order valence-electron chi connectivity index (χ1n) is 7.05. The summed E-state index contributed by atoms with van der Waals surface area (Å²) in [7, 11) is 0. The molecule has 1 aromatic rings. The Morgan fingerprint density at radius 3 is 2.41 bits per heavy atom. The Balaban J connectivity index is 1.89. The minimum atomic E-state index is 0.0611. The Morgan fingerprint density at radius 2 is 1.82 bits per heavy atom. The summed E-state index contributed by atoms with van der Waals surface area (Å²) in [4.78, 5) is 0. The van der Waals surface area contributed by atoms with Crippen molar-refractivity contribution in [2.45, 2.75) is 57.4 Å². The van der Waals surface area contributed by atoms with Crippen molar-refractivity contribution < 1.29 is 0 Å². The van der Waals surface area contributed by atoms with Gasteiger partial charge in [0.1, 0.15) is 0 Å². The van der Waals surface area contributed by atoms with Crippen LogP contribution in [-0.4, -0.2) is 5.54 Å². The van der Waals surface area contributed by atoms with Gasteiger partial charge in [0.15, 0.2) is 0 Å². The van der Waals surface area contributed by atoms with Crippen LogP contribution in [0.25, 0.3) is 0 Å². The average Bonchev–Trinajstić information content (AvgIpc) is 2.34. The minimum Gasteiger partial charge on any atom is -0.325 e. The molecule has 0 atom stereocenters. The second kappa shape index (κ2) is 5.68. The zero-order chi connectivity index (χ0) is 12.1. The summed E-state index contributed by atoms with van der Waals surface area (Å²) in [6, 6.07) is 10.7. The van der Waals surface area contributed by atoms with Gasteiger partial charge in [-0.15, -0.1) is 0 Å². The Labute approximate surface area is 105 Å². The van der Waals surface area contributed by atoms with Crippen molar-refractivity contribution in [1.29, 1.82) is 0 Å². The van der Waals surface area contributed by atoms with Crippen molar-refractivity contribution in [3.63, 3.8) is 0 Å². The van der Waals surface area contributed by atoms with Gasteiger partial charge < -0.3 is 5.73 Å². The number of rotatable bonds is 4. The van der Waals surface area contributed by atoms with Gasteiger partial charge in [-0.05, 0) is 43.6 Å². The van der Waals surface area contributed by atoms with Crippen molar-refractivity contribution in [1.82, 2.24) is 0 Å². The maximum atomic E-state index is 6.55. The van der Waals surface area contributed by atoms with Crippen molar-refractivity contribution in [2.75, 3.05) is 0 Å². The minimum absolute atomic E-state index is 0.0611. The van der Waals surface area contributed by atoms with Crippen LogP contribution in [0.2, 0.25) is 0 Å². The molecule has 1 nitrogen and oxygen atoms in total. The summed E-state index contributed by atoms with van der Waals surface area (Å²) in [5, 5.41) is 0. The van der Waals surface area contributed by atoms with Gasteiger partial charge in [0.25, 0.3) is 0 Å². The predicted octanol–water partition coefficient (Wildman–Crippen LogP) is 3.92. The molecule has 1 aliphatic carbocycles. The molecular weight excluding hydrogens is 206 g/mol. The Kier molecular flexibility index (Phi) is 4.22. The van der Waals surface area contributed by atoms with Crippen LogP contribution in [0, 0.1) is 5.92 Å². The van der Waals surface area contributed by atoms with Crippen LogP contribution < -0.4 is 5.73 Å². The average molecular weight is 231 g/mol. The molecule has 1 heteroatoms. The van der Waals surface area contributed by atoms with Crippen molar-refractivity contribution >= 4 is 0 Å². The second-order valence-corrected chi connectivity index (χ2v) is 5.76. The number of hydrogen-bond donors (Lipinski definition) is 1. The normalized spacial score (nSPS) is 29.2. The summed E-state index contributed by atoms with van der Waals surface area (Å²) < 4.78 is 0. The lowest BCUT2D eigenvalue weighted by atomic mass is 9.73. The molecule has 2 N–H and O–H groups in total. The molecular formula is C16H25N. The first-order valence-corrected chi connectivity index (χ1v) is 7.05. The van der Waals surface area contributed by atoms with Crippen LogP contribution in [-0.2, 0) is 6.42 Å². The molecule has 0 heterocycles. The smallest absolute Gasteiger partial charge is 0.0195 e. The van der Waals surface area contributed by atoms with Crippen molar-refractivity contribution in [3.05, 3.63) is 35.9 Å². The lowest BCUT2D eigenvalue weighted by molar-refractivity contribution is 0.223. The van der Waals surface area contributed by atoms with Crippen LogP contribution >= 0.6 is 0 Å². The van der Waals surface area contributed by atoms with E-state index in [4.69, 9.17) is 5.73 Å². The van der Waals surface area contributed by atoms with Crippen molar-refractivity contribution in [3.8, 4) is 0 Å². The fraction of sp³-hybridized carbons (Fsp3) is 0.625. The fourth-order valence-corrected chi connectivity index (χ4v) is 3.13. The fourth-order valence-electron chi connectivity index (χ4n) is 3.13. The first-order chi connectivity index (χ1) is 8.22. The monoisotopic (exact) mass is 231 g/mol. The molecule has 1 aromatic carbocycles. The SMILES string of the molecule is CCCC1CCC(N)(Cc2ccccc2)CC1. The second-order valence-electron chi connectivity index (χ2n) is 5.76. The van der Waals surface area contributed by atoms with Gasteiger partial charge in [0.2, 0.25) is 0 Å². The topological polar surface area (TPSA) is 26.0 Å². The molecule has 0 unspecified atom stereocenters. The molecule has 0 radical (unpaired) electrons. The molecule has 1 fully saturated rings. The summed E-state index contributed by atoms with van der Waals surface area (Å²) >= 11 is 0. The Morgan fingerprint density at radius 1 is 1.18 bits per heavy atom. The molecule has 2 rings (SSSR count). The first kappa shape index (κ1) is 12.6. The van der Waals surface area contributed by atoms with Crippen LogP contribution in [0.4, 0.5) is 0 Å². The molecule has 0 aromatic heterocycles. The molecule has 1 aliphatic rings. The van der Waals surface area contributed by atoms with Gasteiger partial charge in [0.05, 0.1) is 0 Å². The van der Waals surface area contributed by atoms with Crippen LogP contribution in [0.15, 0.2) is 30.3 Å². The van der Waals surface area contributed by atoms with E-state index >= 15 is 0 Å². The van der Waals surface area contributed by atoms with Gasteiger partial charge in [0, 0.05) is 5.54 Å². The highest BCUT2D eigenvalue weighted by Crippen LogP contribution is 2.34. The summed E-state index contributed by atoms with van der Waals surface area (Å²) in [6.07, 6.45) is 8.82. The highest BCUT2D eigenvalue weighted by Gasteiger charge is 2.31. The van der Waals surface area contributed by atoms with Crippen LogP contribution in [0.3, 0.4) is 0 Å². The largest absolute Gasteiger partial charge is 0.325 e. The van der Waals surface area contributed by atoms with Crippen LogP contribution in [0.1, 0.15) is 51.0 Å². The zero-order valence-corrected chi connectivity index (χ0v) is 11.0. The summed E-state index contributed by atoms with van der Waals surface area (Å²) in [6.45, 7) is 2.29. The summed E-state index contributed by atoms with van der Waals surface area (Å²) in [5.74, 6) is 0.937. The van der Waals surface area contributed by atoms with E-state index in [0.717, 1.165) is 12.3 Å².